The Morgan fingerprint density at radius 2 is 1.71 bits per heavy atom. The number of hydrogen-bond acceptors (Lipinski definition) is 3. The van der Waals surface area contributed by atoms with Gasteiger partial charge in [0.25, 0.3) is 5.91 Å². The highest BCUT2D eigenvalue weighted by Crippen LogP contribution is 2.31. The van der Waals surface area contributed by atoms with E-state index in [9.17, 15) is 14.4 Å². The minimum absolute atomic E-state index is 0.0704. The van der Waals surface area contributed by atoms with E-state index in [0.717, 1.165) is 44.2 Å². The molecule has 4 rings (SSSR count). The van der Waals surface area contributed by atoms with Crippen molar-refractivity contribution in [2.45, 2.75) is 70.4 Å². The minimum atomic E-state index is -0.205. The van der Waals surface area contributed by atoms with Crippen molar-refractivity contribution in [2.75, 3.05) is 26.2 Å². The molecule has 0 spiro atoms. The fourth-order valence-corrected chi connectivity index (χ4v) is 5.56. The third-order valence-corrected chi connectivity index (χ3v) is 7.23. The zero-order chi connectivity index (χ0) is 21.8. The molecule has 0 radical (unpaired) electrons. The summed E-state index contributed by atoms with van der Waals surface area (Å²) in [5, 5.41) is 0. The molecule has 6 heteroatoms. The van der Waals surface area contributed by atoms with Crippen LogP contribution in [0.3, 0.4) is 0 Å². The van der Waals surface area contributed by atoms with Crippen molar-refractivity contribution in [3.8, 4) is 0 Å². The Morgan fingerprint density at radius 3 is 2.35 bits per heavy atom. The molecule has 1 aliphatic carbocycles. The lowest BCUT2D eigenvalue weighted by Crippen LogP contribution is -2.50. The van der Waals surface area contributed by atoms with Gasteiger partial charge in [-0.3, -0.25) is 14.4 Å². The summed E-state index contributed by atoms with van der Waals surface area (Å²) >= 11 is 0. The van der Waals surface area contributed by atoms with Gasteiger partial charge in [-0.1, -0.05) is 38.0 Å². The number of piperidine rings is 1. The Kier molecular flexibility index (Phi) is 6.93. The predicted octanol–water partition coefficient (Wildman–Crippen LogP) is 3.32. The number of amides is 3. The molecule has 3 fully saturated rings. The number of likely N-dealkylation sites (tertiary alicyclic amines) is 2. The van der Waals surface area contributed by atoms with E-state index in [1.165, 1.54) is 12.8 Å². The Hall–Kier alpha value is -2.37. The van der Waals surface area contributed by atoms with E-state index in [-0.39, 0.29) is 29.7 Å². The topological polar surface area (TPSA) is 60.9 Å². The van der Waals surface area contributed by atoms with Gasteiger partial charge in [-0.25, -0.2) is 0 Å². The summed E-state index contributed by atoms with van der Waals surface area (Å²) in [5.74, 6) is 0.165. The lowest BCUT2D eigenvalue weighted by molar-refractivity contribution is -0.139. The molecule has 2 aliphatic heterocycles. The average Bonchev–Trinajstić information content (AvgIpc) is 3.47. The molecule has 1 saturated carbocycles. The summed E-state index contributed by atoms with van der Waals surface area (Å²) in [6.07, 6.45) is 7.42. The zero-order valence-corrected chi connectivity index (χ0v) is 18.7. The van der Waals surface area contributed by atoms with Crippen molar-refractivity contribution in [1.29, 1.82) is 0 Å². The Bertz CT molecular complexity index is 782. The second-order valence-corrected chi connectivity index (χ2v) is 9.31. The van der Waals surface area contributed by atoms with Crippen LogP contribution < -0.4 is 0 Å². The monoisotopic (exact) mass is 425 g/mol. The lowest BCUT2D eigenvalue weighted by atomic mass is 9.98. The molecule has 0 N–H and O–H groups in total. The third kappa shape index (κ3) is 4.78. The molecule has 3 amide bonds. The van der Waals surface area contributed by atoms with Crippen LogP contribution >= 0.6 is 0 Å². The lowest BCUT2D eigenvalue weighted by Gasteiger charge is -2.39. The fourth-order valence-electron chi connectivity index (χ4n) is 5.56. The maximum Gasteiger partial charge on any atom is 0.253 e. The SMILES string of the molecule is CCCN(C(=O)C1CC(=O)N(C2CCCC2)C1)C1CCN(C(=O)c2ccccc2)CC1. The van der Waals surface area contributed by atoms with Gasteiger partial charge in [0.2, 0.25) is 11.8 Å². The van der Waals surface area contributed by atoms with E-state index in [0.29, 0.717) is 32.1 Å². The average molecular weight is 426 g/mol. The van der Waals surface area contributed by atoms with Crippen LogP contribution in [0.2, 0.25) is 0 Å². The molecule has 0 aromatic heterocycles. The van der Waals surface area contributed by atoms with E-state index >= 15 is 0 Å². The van der Waals surface area contributed by atoms with Gasteiger partial charge in [-0.05, 0) is 44.2 Å². The highest BCUT2D eigenvalue weighted by atomic mass is 16.2. The van der Waals surface area contributed by atoms with Gasteiger partial charge < -0.3 is 14.7 Å². The van der Waals surface area contributed by atoms with E-state index in [4.69, 9.17) is 0 Å². The smallest absolute Gasteiger partial charge is 0.253 e. The first-order valence-corrected chi connectivity index (χ1v) is 12.0. The summed E-state index contributed by atoms with van der Waals surface area (Å²) < 4.78 is 0. The van der Waals surface area contributed by atoms with Crippen LogP contribution in [0.15, 0.2) is 30.3 Å². The molecule has 1 aromatic carbocycles. The van der Waals surface area contributed by atoms with Gasteiger partial charge in [0.05, 0.1) is 5.92 Å². The van der Waals surface area contributed by atoms with E-state index in [1.807, 2.05) is 45.0 Å². The Balaban J connectivity index is 1.36. The van der Waals surface area contributed by atoms with Crippen molar-refractivity contribution < 1.29 is 14.4 Å². The van der Waals surface area contributed by atoms with Crippen molar-refractivity contribution in [2.24, 2.45) is 5.92 Å². The quantitative estimate of drug-likeness (QED) is 0.702. The molecular formula is C25H35N3O3. The normalized spacial score (nSPS) is 22.9. The van der Waals surface area contributed by atoms with Gasteiger partial charge in [-0.2, -0.15) is 0 Å². The van der Waals surface area contributed by atoms with Crippen molar-refractivity contribution in [3.05, 3.63) is 35.9 Å². The summed E-state index contributed by atoms with van der Waals surface area (Å²) in [6.45, 7) is 4.75. The van der Waals surface area contributed by atoms with Gasteiger partial charge in [0, 0.05) is 50.2 Å². The van der Waals surface area contributed by atoms with Gasteiger partial charge >= 0.3 is 0 Å². The highest BCUT2D eigenvalue weighted by Gasteiger charge is 2.41. The predicted molar refractivity (Wildman–Crippen MR) is 119 cm³/mol. The van der Waals surface area contributed by atoms with Crippen LogP contribution in [0.1, 0.15) is 68.6 Å². The van der Waals surface area contributed by atoms with Crippen molar-refractivity contribution in [1.82, 2.24) is 14.7 Å². The first kappa shape index (κ1) is 21.8. The van der Waals surface area contributed by atoms with Crippen LogP contribution in [-0.4, -0.2) is 70.7 Å². The molecule has 1 aromatic rings. The molecule has 1 atom stereocenters. The Morgan fingerprint density at radius 1 is 1.03 bits per heavy atom. The summed E-state index contributed by atoms with van der Waals surface area (Å²) in [6, 6.07) is 9.90. The number of nitrogens with zero attached hydrogens (tertiary/aromatic N) is 3. The van der Waals surface area contributed by atoms with Crippen LogP contribution in [0.25, 0.3) is 0 Å². The Labute approximate surface area is 185 Å². The maximum atomic E-state index is 13.4. The molecule has 0 bridgehead atoms. The second-order valence-electron chi connectivity index (χ2n) is 9.31. The summed E-state index contributed by atoms with van der Waals surface area (Å²) in [5.41, 5.74) is 0.721. The van der Waals surface area contributed by atoms with Crippen LogP contribution in [0.4, 0.5) is 0 Å². The van der Waals surface area contributed by atoms with Crippen LogP contribution in [0, 0.1) is 5.92 Å². The largest absolute Gasteiger partial charge is 0.339 e. The molecule has 168 valence electrons. The van der Waals surface area contributed by atoms with Crippen LogP contribution in [-0.2, 0) is 9.59 Å². The first-order valence-electron chi connectivity index (χ1n) is 12.0. The summed E-state index contributed by atoms with van der Waals surface area (Å²) in [4.78, 5) is 44.7. The molecule has 6 nitrogen and oxygen atoms in total. The summed E-state index contributed by atoms with van der Waals surface area (Å²) in [7, 11) is 0. The minimum Gasteiger partial charge on any atom is -0.339 e. The van der Waals surface area contributed by atoms with E-state index in [2.05, 4.69) is 6.92 Å². The fraction of sp³-hybridized carbons (Fsp3) is 0.640. The van der Waals surface area contributed by atoms with Crippen LogP contribution in [0.5, 0.6) is 0 Å². The standard InChI is InChI=1S/C25H35N3O3/c1-2-14-27(25(31)20-17-23(29)28(18-20)21-10-6-7-11-21)22-12-15-26(16-13-22)24(30)19-8-4-3-5-9-19/h3-5,8-9,20-22H,2,6-7,10-18H2,1H3. The van der Waals surface area contributed by atoms with Gasteiger partial charge in [-0.15, -0.1) is 0 Å². The number of benzene rings is 1. The van der Waals surface area contributed by atoms with Gasteiger partial charge in [0.1, 0.15) is 0 Å². The second kappa shape index (κ2) is 9.84. The highest BCUT2D eigenvalue weighted by molar-refractivity contribution is 5.94. The van der Waals surface area contributed by atoms with Crippen molar-refractivity contribution >= 4 is 17.7 Å². The molecular weight excluding hydrogens is 390 g/mol. The zero-order valence-electron chi connectivity index (χ0n) is 18.7. The van der Waals surface area contributed by atoms with E-state index < -0.39 is 0 Å². The van der Waals surface area contributed by atoms with Gasteiger partial charge in [0.15, 0.2) is 0 Å². The molecule has 2 heterocycles. The number of hydrogen-bond donors (Lipinski definition) is 0. The van der Waals surface area contributed by atoms with Crippen molar-refractivity contribution in [3.63, 3.8) is 0 Å². The molecule has 2 saturated heterocycles. The number of carbonyl (C=O) groups excluding carboxylic acids is 3. The molecule has 31 heavy (non-hydrogen) atoms. The number of carbonyl (C=O) groups is 3. The third-order valence-electron chi connectivity index (χ3n) is 7.23. The molecule has 1 unspecified atom stereocenters. The number of rotatable bonds is 6. The van der Waals surface area contributed by atoms with E-state index in [1.54, 1.807) is 0 Å². The maximum absolute atomic E-state index is 13.4. The first-order chi connectivity index (χ1) is 15.1. The molecule has 3 aliphatic rings.